The molecule has 6 heteroatoms. The van der Waals surface area contributed by atoms with E-state index in [1.54, 1.807) is 0 Å². The number of carboxylic acids is 1. The van der Waals surface area contributed by atoms with Crippen molar-refractivity contribution in [2.75, 3.05) is 13.1 Å². The summed E-state index contributed by atoms with van der Waals surface area (Å²) in [4.78, 5) is 25.8. The molecule has 0 aromatic heterocycles. The molecule has 0 unspecified atom stereocenters. The van der Waals surface area contributed by atoms with Crippen LogP contribution in [-0.4, -0.2) is 52.8 Å². The molecule has 1 atom stereocenters. The van der Waals surface area contributed by atoms with E-state index in [2.05, 4.69) is 5.32 Å². The Bertz CT molecular complexity index is 794. The molecule has 2 aliphatic carbocycles. The van der Waals surface area contributed by atoms with Crippen LogP contribution in [-0.2, 0) is 16.0 Å². The van der Waals surface area contributed by atoms with Crippen molar-refractivity contribution in [1.29, 1.82) is 0 Å². The number of aliphatic carboxylic acids is 1. The van der Waals surface area contributed by atoms with E-state index in [-0.39, 0.29) is 6.54 Å². The summed E-state index contributed by atoms with van der Waals surface area (Å²) in [6.07, 6.45) is 15.8. The first kappa shape index (κ1) is 28.5. The highest BCUT2D eigenvalue weighted by atomic mass is 16.6. The normalized spacial score (nSPS) is 23.9. The van der Waals surface area contributed by atoms with Crippen LogP contribution in [0.15, 0.2) is 30.3 Å². The Morgan fingerprint density at radius 3 is 2.00 bits per heavy atom. The van der Waals surface area contributed by atoms with E-state index in [0.717, 1.165) is 17.6 Å². The predicted octanol–water partition coefficient (Wildman–Crippen LogP) is 6.57. The summed E-state index contributed by atoms with van der Waals surface area (Å²) in [6, 6.07) is 11.3. The first-order chi connectivity index (χ1) is 17.2. The highest BCUT2D eigenvalue weighted by molar-refractivity contribution is 5.77. The van der Waals surface area contributed by atoms with Gasteiger partial charge in [-0.2, -0.15) is 0 Å². The number of likely N-dealkylation sites (tertiary alicyclic amines) is 1. The largest absolute Gasteiger partial charge is 0.481 e. The number of ether oxygens (including phenoxy) is 1. The molecule has 1 saturated heterocycles. The molecule has 0 bridgehead atoms. The summed E-state index contributed by atoms with van der Waals surface area (Å²) in [5.41, 5.74) is -0.558. The lowest BCUT2D eigenvalue weighted by Gasteiger charge is -2.40. The Labute approximate surface area is 218 Å². The van der Waals surface area contributed by atoms with Crippen LogP contribution in [0, 0.1) is 5.41 Å². The van der Waals surface area contributed by atoms with Gasteiger partial charge < -0.3 is 20.1 Å². The Morgan fingerprint density at radius 1 is 0.944 bits per heavy atom. The molecule has 6 nitrogen and oxygen atoms in total. The van der Waals surface area contributed by atoms with Gasteiger partial charge in [0.15, 0.2) is 0 Å². The Hall–Kier alpha value is -2.08. The molecule has 36 heavy (non-hydrogen) atoms. The zero-order chi connectivity index (χ0) is 26.0. The maximum Gasteiger partial charge on any atom is 0.410 e. The standard InChI is InChI=1S/C18H25NO4.C12H23N/c1-17(2,3)23-16(22)19-11-7-10-18(13-19,15(20)21)12-14-8-5-4-6-9-14;1-3-7-11(8-4-1)13-12-9-5-2-6-10-12/h4-6,8-9H,7,10-13H2,1-3H3,(H,20,21);11-13H,1-10H2/t18-;/m1./s1. The topological polar surface area (TPSA) is 78.9 Å². The molecule has 1 aromatic rings. The fourth-order valence-corrected chi connectivity index (χ4v) is 5.87. The summed E-state index contributed by atoms with van der Waals surface area (Å²) in [6.45, 7) is 6.15. The van der Waals surface area contributed by atoms with E-state index in [0.29, 0.717) is 25.8 Å². The van der Waals surface area contributed by atoms with Gasteiger partial charge in [-0.1, -0.05) is 68.9 Å². The number of nitrogens with zero attached hydrogens (tertiary/aromatic N) is 1. The first-order valence-electron chi connectivity index (χ1n) is 14.2. The van der Waals surface area contributed by atoms with Crippen molar-refractivity contribution in [3.63, 3.8) is 0 Å². The predicted molar refractivity (Wildman–Crippen MR) is 144 cm³/mol. The third kappa shape index (κ3) is 9.10. The highest BCUT2D eigenvalue weighted by Gasteiger charge is 2.44. The van der Waals surface area contributed by atoms with Crippen molar-refractivity contribution < 1.29 is 19.4 Å². The molecular weight excluding hydrogens is 452 g/mol. The number of carbonyl (C=O) groups excluding carboxylic acids is 1. The van der Waals surface area contributed by atoms with Gasteiger partial charge in [0.05, 0.1) is 5.41 Å². The lowest BCUT2D eigenvalue weighted by molar-refractivity contribution is -0.152. The summed E-state index contributed by atoms with van der Waals surface area (Å²) < 4.78 is 5.39. The maximum absolute atomic E-state index is 12.3. The van der Waals surface area contributed by atoms with Gasteiger partial charge in [0.1, 0.15) is 5.60 Å². The van der Waals surface area contributed by atoms with E-state index in [1.807, 2.05) is 51.1 Å². The van der Waals surface area contributed by atoms with E-state index < -0.39 is 23.1 Å². The molecule has 0 radical (unpaired) electrons. The van der Waals surface area contributed by atoms with Crippen molar-refractivity contribution in [2.45, 2.75) is 122 Å². The Morgan fingerprint density at radius 2 is 1.50 bits per heavy atom. The second kappa shape index (κ2) is 13.5. The van der Waals surface area contributed by atoms with Gasteiger partial charge in [0, 0.05) is 25.2 Å². The third-order valence-corrected chi connectivity index (χ3v) is 7.75. The molecule has 1 amide bonds. The number of amides is 1. The number of rotatable bonds is 5. The van der Waals surface area contributed by atoms with Gasteiger partial charge in [-0.05, 0) is 71.3 Å². The lowest BCUT2D eigenvalue weighted by Crippen LogP contribution is -2.52. The number of piperidine rings is 1. The van der Waals surface area contributed by atoms with Crippen molar-refractivity contribution in [1.82, 2.24) is 10.2 Å². The third-order valence-electron chi connectivity index (χ3n) is 7.75. The van der Waals surface area contributed by atoms with Crippen molar-refractivity contribution in [3.05, 3.63) is 35.9 Å². The second-order valence-corrected chi connectivity index (χ2v) is 12.1. The van der Waals surface area contributed by atoms with Crippen molar-refractivity contribution >= 4 is 12.1 Å². The smallest absolute Gasteiger partial charge is 0.410 e. The van der Waals surface area contributed by atoms with Gasteiger partial charge >= 0.3 is 12.1 Å². The van der Waals surface area contributed by atoms with Crippen LogP contribution in [0.2, 0.25) is 0 Å². The zero-order valence-electron chi connectivity index (χ0n) is 22.8. The van der Waals surface area contributed by atoms with E-state index >= 15 is 0 Å². The fourth-order valence-electron chi connectivity index (χ4n) is 5.87. The molecular formula is C30H48N2O4. The molecule has 202 valence electrons. The number of hydrogen-bond acceptors (Lipinski definition) is 4. The quantitative estimate of drug-likeness (QED) is 0.478. The molecule has 0 spiro atoms. The average Bonchev–Trinajstić information content (AvgIpc) is 2.85. The van der Waals surface area contributed by atoms with Crippen LogP contribution in [0.3, 0.4) is 0 Å². The first-order valence-corrected chi connectivity index (χ1v) is 14.2. The minimum Gasteiger partial charge on any atom is -0.481 e. The van der Waals surface area contributed by atoms with Crippen LogP contribution in [0.4, 0.5) is 4.79 Å². The van der Waals surface area contributed by atoms with Crippen LogP contribution >= 0.6 is 0 Å². The molecule has 1 aliphatic heterocycles. The van der Waals surface area contributed by atoms with E-state index in [9.17, 15) is 14.7 Å². The van der Waals surface area contributed by atoms with Crippen LogP contribution in [0.1, 0.15) is 103 Å². The molecule has 4 rings (SSSR count). The van der Waals surface area contributed by atoms with E-state index in [4.69, 9.17) is 4.74 Å². The van der Waals surface area contributed by atoms with Crippen molar-refractivity contribution in [3.8, 4) is 0 Å². The zero-order valence-corrected chi connectivity index (χ0v) is 22.8. The number of carbonyl (C=O) groups is 2. The van der Waals surface area contributed by atoms with E-state index in [1.165, 1.54) is 69.1 Å². The monoisotopic (exact) mass is 500 g/mol. The summed E-state index contributed by atoms with van der Waals surface area (Å²) in [7, 11) is 0. The van der Waals surface area contributed by atoms with Gasteiger partial charge in [-0.15, -0.1) is 0 Å². The number of carboxylic acid groups (broad SMARTS) is 1. The lowest BCUT2D eigenvalue weighted by atomic mass is 9.75. The minimum absolute atomic E-state index is 0.187. The summed E-state index contributed by atoms with van der Waals surface area (Å²) >= 11 is 0. The number of nitrogens with one attached hydrogen (secondary N) is 1. The van der Waals surface area contributed by atoms with Gasteiger partial charge in [0.25, 0.3) is 0 Å². The average molecular weight is 501 g/mol. The Kier molecular flexibility index (Phi) is 10.7. The van der Waals surface area contributed by atoms with Crippen molar-refractivity contribution in [2.24, 2.45) is 5.41 Å². The molecule has 2 N–H and O–H groups in total. The fraction of sp³-hybridized carbons (Fsp3) is 0.733. The van der Waals surface area contributed by atoms with Gasteiger partial charge in [-0.3, -0.25) is 4.79 Å². The van der Waals surface area contributed by atoms with Gasteiger partial charge in [-0.25, -0.2) is 4.79 Å². The number of benzene rings is 1. The molecule has 2 saturated carbocycles. The molecule has 3 aliphatic rings. The van der Waals surface area contributed by atoms with Crippen LogP contribution < -0.4 is 5.32 Å². The molecule has 3 fully saturated rings. The molecule has 1 aromatic carbocycles. The molecule has 1 heterocycles. The van der Waals surface area contributed by atoms with Gasteiger partial charge in [0.2, 0.25) is 0 Å². The minimum atomic E-state index is -0.948. The van der Waals surface area contributed by atoms with Crippen LogP contribution in [0.25, 0.3) is 0 Å². The highest BCUT2D eigenvalue weighted by Crippen LogP contribution is 2.35. The number of hydrogen-bond donors (Lipinski definition) is 2. The summed E-state index contributed by atoms with van der Waals surface area (Å²) in [5.74, 6) is -0.852. The Balaban J connectivity index is 0.000000233. The van der Waals surface area contributed by atoms with Crippen LogP contribution in [0.5, 0.6) is 0 Å². The maximum atomic E-state index is 12.3. The SMILES string of the molecule is C1CCC(NC2CCCCC2)CC1.CC(C)(C)OC(=O)N1CCC[C@](Cc2ccccc2)(C(=O)O)C1. The second-order valence-electron chi connectivity index (χ2n) is 12.1. The summed E-state index contributed by atoms with van der Waals surface area (Å²) in [5, 5.41) is 13.7.